The van der Waals surface area contributed by atoms with E-state index >= 15 is 4.39 Å². The first-order chi connectivity index (χ1) is 18.0. The molecule has 0 bridgehead atoms. The summed E-state index contributed by atoms with van der Waals surface area (Å²) in [5, 5.41) is 1.02. The first kappa shape index (κ1) is 25.4. The van der Waals surface area contributed by atoms with E-state index < -0.39 is 42.0 Å². The van der Waals surface area contributed by atoms with Crippen molar-refractivity contribution in [2.45, 2.75) is 76.0 Å². The van der Waals surface area contributed by atoms with Gasteiger partial charge < -0.3 is 14.5 Å². The first-order valence-electron chi connectivity index (χ1n) is 12.9. The van der Waals surface area contributed by atoms with Crippen molar-refractivity contribution in [3.8, 4) is 11.6 Å². The summed E-state index contributed by atoms with van der Waals surface area (Å²) in [5.74, 6) is -5.77. The Morgan fingerprint density at radius 2 is 1.87 bits per heavy atom. The van der Waals surface area contributed by atoms with Crippen molar-refractivity contribution in [2.75, 3.05) is 13.7 Å². The van der Waals surface area contributed by atoms with E-state index in [4.69, 9.17) is 9.47 Å². The van der Waals surface area contributed by atoms with Crippen LogP contribution in [0.4, 0.5) is 22.0 Å². The quantitative estimate of drug-likeness (QED) is 0.347. The minimum Gasteiger partial charge on any atom is -0.496 e. The molecule has 0 amide bonds. The predicted molar refractivity (Wildman–Crippen MR) is 131 cm³/mol. The summed E-state index contributed by atoms with van der Waals surface area (Å²) in [5.41, 5.74) is 3.06. The summed E-state index contributed by atoms with van der Waals surface area (Å²) >= 11 is 0. The van der Waals surface area contributed by atoms with Crippen LogP contribution in [0.2, 0.25) is 0 Å². The second-order valence-corrected chi connectivity index (χ2v) is 11.4. The molecule has 2 saturated carbocycles. The molecule has 1 unspecified atom stereocenters. The van der Waals surface area contributed by atoms with Gasteiger partial charge >= 0.3 is 0 Å². The lowest BCUT2D eigenvalue weighted by Crippen LogP contribution is -2.53. The third-order valence-electron chi connectivity index (χ3n) is 8.50. The van der Waals surface area contributed by atoms with E-state index in [1.54, 1.807) is 7.11 Å². The molecule has 3 aliphatic rings. The molecule has 2 aromatic heterocycles. The summed E-state index contributed by atoms with van der Waals surface area (Å²) in [7, 11) is 1.62. The van der Waals surface area contributed by atoms with Crippen LogP contribution >= 0.6 is 0 Å². The summed E-state index contributed by atoms with van der Waals surface area (Å²) in [6.45, 7) is 3.03. The molecule has 204 valence electrons. The molecule has 1 N–H and O–H groups in total. The monoisotopic (exact) mass is 535 g/mol. The van der Waals surface area contributed by atoms with Crippen LogP contribution in [0.25, 0.3) is 10.9 Å². The van der Waals surface area contributed by atoms with Gasteiger partial charge in [-0.1, -0.05) is 0 Å². The second-order valence-electron chi connectivity index (χ2n) is 11.4. The maximum absolute atomic E-state index is 15.1. The molecule has 3 aromatic rings. The first-order valence-corrected chi connectivity index (χ1v) is 12.9. The number of aryl methyl sites for hydroxylation is 1. The molecule has 6 rings (SSSR count). The molecule has 3 fully saturated rings. The Kier molecular flexibility index (Phi) is 5.90. The van der Waals surface area contributed by atoms with Gasteiger partial charge in [0.2, 0.25) is 5.92 Å². The number of methoxy groups -OCH3 is 1. The van der Waals surface area contributed by atoms with Crippen molar-refractivity contribution >= 4 is 10.9 Å². The Morgan fingerprint density at radius 3 is 2.53 bits per heavy atom. The number of aromatic amines is 1. The Morgan fingerprint density at radius 1 is 1.11 bits per heavy atom. The highest BCUT2D eigenvalue weighted by Crippen LogP contribution is 2.60. The SMILES string of the molecule is COc1cc(C)c2[nH]ccc2c1CN1CCC2(CC1c1cnc(OC3CC(F)(F)C3)c(F)c1)CC(F)(F)C2. The molecule has 5 nitrogen and oxygen atoms in total. The van der Waals surface area contributed by atoms with Crippen LogP contribution in [-0.4, -0.2) is 46.5 Å². The fraction of sp³-hybridized carbons (Fsp3) is 0.536. The van der Waals surface area contributed by atoms with E-state index in [0.717, 1.165) is 27.8 Å². The predicted octanol–water partition coefficient (Wildman–Crippen LogP) is 6.95. The molecule has 2 aliphatic carbocycles. The van der Waals surface area contributed by atoms with E-state index in [-0.39, 0.29) is 24.8 Å². The molecule has 10 heteroatoms. The van der Waals surface area contributed by atoms with E-state index in [1.165, 1.54) is 12.3 Å². The number of piperidine rings is 1. The minimum absolute atomic E-state index is 0.173. The van der Waals surface area contributed by atoms with E-state index in [9.17, 15) is 17.6 Å². The molecule has 1 aromatic carbocycles. The standard InChI is InChI=1S/C28H30F5N3O2/c1-16-7-23(37-2)20(19-3-5-34-24(16)19)13-36-6-4-26(14-28(32,33)15-26)11-22(36)17-8-21(29)25(35-12-17)38-18-9-27(30,31)10-18/h3,5,7-8,12,18,22,34H,4,6,9-11,13-15H2,1-2H3. The van der Waals surface area contributed by atoms with Gasteiger partial charge in [-0.2, -0.15) is 0 Å². The number of pyridine rings is 1. The van der Waals surface area contributed by atoms with Crippen LogP contribution in [-0.2, 0) is 6.54 Å². The smallest absolute Gasteiger partial charge is 0.255 e. The Balaban J connectivity index is 1.30. The average molecular weight is 536 g/mol. The zero-order valence-electron chi connectivity index (χ0n) is 21.3. The molecule has 1 atom stereocenters. The fourth-order valence-corrected chi connectivity index (χ4v) is 6.60. The lowest BCUT2D eigenvalue weighted by Gasteiger charge is -2.54. The van der Waals surface area contributed by atoms with E-state index in [2.05, 4.69) is 14.9 Å². The van der Waals surface area contributed by atoms with Gasteiger partial charge in [0.05, 0.1) is 7.11 Å². The molecule has 0 radical (unpaired) electrons. The van der Waals surface area contributed by atoms with Gasteiger partial charge in [-0.05, 0) is 61.1 Å². The maximum atomic E-state index is 15.1. The third kappa shape index (κ3) is 4.50. The van der Waals surface area contributed by atoms with Gasteiger partial charge in [-0.15, -0.1) is 0 Å². The van der Waals surface area contributed by atoms with E-state index in [1.807, 2.05) is 25.3 Å². The minimum atomic E-state index is -2.79. The highest BCUT2D eigenvalue weighted by Gasteiger charge is 2.58. The molecule has 1 spiro atoms. The summed E-state index contributed by atoms with van der Waals surface area (Å²) in [6.07, 6.45) is 2.38. The Labute approximate surface area is 217 Å². The highest BCUT2D eigenvalue weighted by atomic mass is 19.3. The number of nitrogens with zero attached hydrogens (tertiary/aromatic N) is 2. The van der Waals surface area contributed by atoms with Crippen molar-refractivity contribution < 1.29 is 31.4 Å². The lowest BCUT2D eigenvalue weighted by molar-refractivity contribution is -0.186. The Hall–Kier alpha value is -2.88. The average Bonchev–Trinajstić information content (AvgIpc) is 3.31. The third-order valence-corrected chi connectivity index (χ3v) is 8.50. The van der Waals surface area contributed by atoms with Gasteiger partial charge in [-0.3, -0.25) is 4.90 Å². The summed E-state index contributed by atoms with van der Waals surface area (Å²) in [4.78, 5) is 9.56. The van der Waals surface area contributed by atoms with Crippen molar-refractivity contribution in [3.63, 3.8) is 0 Å². The van der Waals surface area contributed by atoms with E-state index in [0.29, 0.717) is 31.5 Å². The number of hydrogen-bond donors (Lipinski definition) is 1. The summed E-state index contributed by atoms with van der Waals surface area (Å²) < 4.78 is 80.4. The van der Waals surface area contributed by atoms with Crippen molar-refractivity contribution in [2.24, 2.45) is 5.41 Å². The van der Waals surface area contributed by atoms with Crippen LogP contribution in [0.5, 0.6) is 11.6 Å². The van der Waals surface area contributed by atoms with Gasteiger partial charge in [0, 0.05) is 67.1 Å². The number of likely N-dealkylation sites (tertiary alicyclic amines) is 1. The molecule has 1 aliphatic heterocycles. The summed E-state index contributed by atoms with van der Waals surface area (Å²) in [6, 6.07) is 4.91. The number of H-pyrrole nitrogens is 1. The van der Waals surface area contributed by atoms with Crippen molar-refractivity contribution in [3.05, 3.63) is 53.1 Å². The zero-order valence-corrected chi connectivity index (χ0v) is 21.3. The van der Waals surface area contributed by atoms with Gasteiger partial charge in [0.1, 0.15) is 11.9 Å². The van der Waals surface area contributed by atoms with Gasteiger partial charge in [-0.25, -0.2) is 26.9 Å². The van der Waals surface area contributed by atoms with Crippen LogP contribution in [0.15, 0.2) is 30.6 Å². The largest absolute Gasteiger partial charge is 0.496 e. The number of benzene rings is 1. The molecular formula is C28H30F5N3O2. The zero-order chi connectivity index (χ0) is 26.9. The van der Waals surface area contributed by atoms with Gasteiger partial charge in [0.15, 0.2) is 5.82 Å². The number of alkyl halides is 4. The fourth-order valence-electron chi connectivity index (χ4n) is 6.60. The number of ether oxygens (including phenoxy) is 2. The number of fused-ring (bicyclic) bond motifs is 1. The topological polar surface area (TPSA) is 50.4 Å². The van der Waals surface area contributed by atoms with Gasteiger partial charge in [0.25, 0.3) is 11.8 Å². The highest BCUT2D eigenvalue weighted by molar-refractivity contribution is 5.88. The number of hydrogen-bond acceptors (Lipinski definition) is 4. The number of aromatic nitrogens is 2. The lowest BCUT2D eigenvalue weighted by atomic mass is 9.59. The van der Waals surface area contributed by atoms with Crippen LogP contribution in [0, 0.1) is 18.2 Å². The van der Waals surface area contributed by atoms with Crippen LogP contribution in [0.1, 0.15) is 61.3 Å². The molecule has 3 heterocycles. The Bertz CT molecular complexity index is 1360. The van der Waals surface area contributed by atoms with Crippen LogP contribution < -0.4 is 9.47 Å². The molecular weight excluding hydrogens is 505 g/mol. The normalized spacial score (nSPS) is 24.2. The molecule has 1 saturated heterocycles. The molecule has 38 heavy (non-hydrogen) atoms. The number of rotatable bonds is 6. The van der Waals surface area contributed by atoms with Crippen molar-refractivity contribution in [1.29, 1.82) is 0 Å². The second kappa shape index (κ2) is 8.83. The van der Waals surface area contributed by atoms with Crippen molar-refractivity contribution in [1.82, 2.24) is 14.9 Å². The number of halogens is 5. The maximum Gasteiger partial charge on any atom is 0.255 e. The van der Waals surface area contributed by atoms with Crippen LogP contribution in [0.3, 0.4) is 0 Å². The number of nitrogens with one attached hydrogen (secondary N) is 1.